The predicted octanol–water partition coefficient (Wildman–Crippen LogP) is 3.66. The fourth-order valence-corrected chi connectivity index (χ4v) is 1.76. The van der Waals surface area contributed by atoms with E-state index in [-0.39, 0.29) is 0 Å². The third-order valence-corrected chi connectivity index (χ3v) is 2.62. The van der Waals surface area contributed by atoms with E-state index in [2.05, 4.69) is 26.0 Å². The Balaban J connectivity index is 2.59. The minimum Gasteiger partial charge on any atom is -0.298 e. The van der Waals surface area contributed by atoms with E-state index in [9.17, 15) is 4.79 Å². The van der Waals surface area contributed by atoms with Crippen LogP contribution in [-0.2, 0) is 4.79 Å². The molecule has 1 aliphatic carbocycles. The van der Waals surface area contributed by atoms with Crippen LogP contribution in [0.5, 0.6) is 0 Å². The largest absolute Gasteiger partial charge is 0.298 e. The van der Waals surface area contributed by atoms with Crippen molar-refractivity contribution in [3.8, 4) is 0 Å². The van der Waals surface area contributed by atoms with Crippen LogP contribution in [0, 0.1) is 5.92 Å². The summed E-state index contributed by atoms with van der Waals surface area (Å²) in [6.45, 7) is 4.42. The third-order valence-electron chi connectivity index (χ3n) is 2.62. The maximum absolute atomic E-state index is 10.8. The summed E-state index contributed by atoms with van der Waals surface area (Å²) >= 11 is 0. The molecule has 1 nitrogen and oxygen atoms in total. The van der Waals surface area contributed by atoms with Crippen LogP contribution in [0.1, 0.15) is 46.0 Å². The van der Waals surface area contributed by atoms with Crippen molar-refractivity contribution >= 4 is 6.29 Å². The zero-order chi connectivity index (χ0) is 10.4. The minimum atomic E-state index is 0.704. The summed E-state index contributed by atoms with van der Waals surface area (Å²) in [5.74, 6) is 0.704. The molecule has 0 saturated carbocycles. The van der Waals surface area contributed by atoms with Crippen LogP contribution in [0.4, 0.5) is 0 Å². The number of hydrogen-bond donors (Lipinski definition) is 0. The van der Waals surface area contributed by atoms with E-state index in [4.69, 9.17) is 0 Å². The minimum absolute atomic E-state index is 0.704. The Morgan fingerprint density at radius 1 is 1.21 bits per heavy atom. The van der Waals surface area contributed by atoms with Crippen molar-refractivity contribution in [1.29, 1.82) is 0 Å². The van der Waals surface area contributed by atoms with Gasteiger partial charge >= 0.3 is 0 Å². The quantitative estimate of drug-likeness (QED) is 0.621. The van der Waals surface area contributed by atoms with Gasteiger partial charge in [-0.1, -0.05) is 26.0 Å². The summed E-state index contributed by atoms with van der Waals surface area (Å²) in [5, 5.41) is 0. The predicted molar refractivity (Wildman–Crippen MR) is 60.2 cm³/mol. The number of allylic oxidation sites excluding steroid dienone is 4. The van der Waals surface area contributed by atoms with Crippen LogP contribution in [0.2, 0.25) is 0 Å². The second-order valence-corrected chi connectivity index (χ2v) is 4.41. The van der Waals surface area contributed by atoms with Gasteiger partial charge < -0.3 is 0 Å². The number of hydrogen-bond acceptors (Lipinski definition) is 1. The maximum Gasteiger partial charge on any atom is 0.146 e. The second-order valence-electron chi connectivity index (χ2n) is 4.41. The molecule has 0 aromatic rings. The van der Waals surface area contributed by atoms with Gasteiger partial charge in [0.2, 0.25) is 0 Å². The lowest BCUT2D eigenvalue weighted by Gasteiger charge is -2.13. The molecule has 0 amide bonds. The lowest BCUT2D eigenvalue weighted by Crippen LogP contribution is -1.99. The van der Waals surface area contributed by atoms with Crippen molar-refractivity contribution in [2.45, 2.75) is 46.0 Å². The molecule has 78 valence electrons. The first-order chi connectivity index (χ1) is 6.74. The van der Waals surface area contributed by atoms with Crippen molar-refractivity contribution in [3.05, 3.63) is 23.3 Å². The molecule has 0 atom stereocenters. The summed E-state index contributed by atoms with van der Waals surface area (Å²) < 4.78 is 0. The van der Waals surface area contributed by atoms with Crippen LogP contribution in [-0.4, -0.2) is 6.29 Å². The monoisotopic (exact) mass is 192 g/mol. The first kappa shape index (κ1) is 11.2. The van der Waals surface area contributed by atoms with Gasteiger partial charge in [0.1, 0.15) is 6.29 Å². The van der Waals surface area contributed by atoms with E-state index >= 15 is 0 Å². The second kappa shape index (κ2) is 5.79. The Morgan fingerprint density at radius 3 is 2.43 bits per heavy atom. The highest BCUT2D eigenvalue weighted by atomic mass is 16.1. The highest BCUT2D eigenvalue weighted by Gasteiger charge is 2.08. The number of rotatable bonds is 4. The first-order valence-electron chi connectivity index (χ1n) is 5.57. The molecule has 1 heteroatoms. The Labute approximate surface area is 86.9 Å². The van der Waals surface area contributed by atoms with Crippen molar-refractivity contribution < 1.29 is 4.79 Å². The van der Waals surface area contributed by atoms with Crippen molar-refractivity contribution in [3.63, 3.8) is 0 Å². The maximum atomic E-state index is 10.8. The van der Waals surface area contributed by atoms with Crippen LogP contribution in [0.3, 0.4) is 0 Å². The van der Waals surface area contributed by atoms with E-state index in [1.807, 2.05) is 0 Å². The summed E-state index contributed by atoms with van der Waals surface area (Å²) in [6, 6.07) is 0. The summed E-state index contributed by atoms with van der Waals surface area (Å²) in [6.07, 6.45) is 11.0. The van der Waals surface area contributed by atoms with Gasteiger partial charge in [-0.15, -0.1) is 0 Å². The Bertz CT molecular complexity index is 246. The van der Waals surface area contributed by atoms with Gasteiger partial charge in [-0.05, 0) is 49.2 Å². The van der Waals surface area contributed by atoms with Gasteiger partial charge in [-0.2, -0.15) is 0 Å². The number of aldehydes is 1. The summed E-state index contributed by atoms with van der Waals surface area (Å²) in [7, 11) is 0. The molecule has 1 rings (SSSR count). The van der Waals surface area contributed by atoms with Crippen molar-refractivity contribution in [2.75, 3.05) is 0 Å². The van der Waals surface area contributed by atoms with Gasteiger partial charge in [-0.25, -0.2) is 0 Å². The molecular weight excluding hydrogens is 172 g/mol. The third kappa shape index (κ3) is 3.49. The topological polar surface area (TPSA) is 17.1 Å². The van der Waals surface area contributed by atoms with Crippen LogP contribution in [0.15, 0.2) is 23.3 Å². The molecule has 0 aliphatic heterocycles. The molecular formula is C13H20O. The van der Waals surface area contributed by atoms with E-state index in [0.717, 1.165) is 31.1 Å². The molecule has 0 spiro atoms. The lowest BCUT2D eigenvalue weighted by atomic mass is 9.92. The van der Waals surface area contributed by atoms with Crippen molar-refractivity contribution in [1.82, 2.24) is 0 Å². The Morgan fingerprint density at radius 2 is 1.86 bits per heavy atom. The van der Waals surface area contributed by atoms with Gasteiger partial charge in [0.05, 0.1) is 0 Å². The molecule has 0 aromatic heterocycles. The molecule has 0 bridgehead atoms. The molecule has 0 saturated heterocycles. The van der Waals surface area contributed by atoms with Crippen LogP contribution >= 0.6 is 0 Å². The average Bonchev–Trinajstić information content (AvgIpc) is 2.18. The first-order valence-corrected chi connectivity index (χ1v) is 5.57. The highest BCUT2D eigenvalue weighted by molar-refractivity contribution is 5.75. The SMILES string of the molecule is CC(C)CC=CC1=C(C=O)CCCC1. The summed E-state index contributed by atoms with van der Waals surface area (Å²) in [4.78, 5) is 10.8. The molecule has 1 aliphatic rings. The Hall–Kier alpha value is -0.850. The van der Waals surface area contributed by atoms with Crippen molar-refractivity contribution in [2.24, 2.45) is 5.92 Å². The fraction of sp³-hybridized carbons (Fsp3) is 0.615. The van der Waals surface area contributed by atoms with E-state index in [1.165, 1.54) is 18.4 Å². The van der Waals surface area contributed by atoms with Crippen LogP contribution in [0.25, 0.3) is 0 Å². The smallest absolute Gasteiger partial charge is 0.146 e. The Kier molecular flexibility index (Phi) is 4.64. The molecule has 0 N–H and O–H groups in total. The molecule has 0 aromatic carbocycles. The van der Waals surface area contributed by atoms with Crippen LogP contribution < -0.4 is 0 Å². The van der Waals surface area contributed by atoms with Gasteiger partial charge in [0, 0.05) is 0 Å². The zero-order valence-electron chi connectivity index (χ0n) is 9.25. The summed E-state index contributed by atoms with van der Waals surface area (Å²) in [5.41, 5.74) is 2.29. The molecule has 14 heavy (non-hydrogen) atoms. The van der Waals surface area contributed by atoms with E-state index in [1.54, 1.807) is 0 Å². The molecule has 0 unspecified atom stereocenters. The number of carbonyl (C=O) groups is 1. The van der Waals surface area contributed by atoms with Gasteiger partial charge in [-0.3, -0.25) is 4.79 Å². The zero-order valence-corrected chi connectivity index (χ0v) is 9.25. The molecule has 0 fully saturated rings. The van der Waals surface area contributed by atoms with Gasteiger partial charge in [0.15, 0.2) is 0 Å². The highest BCUT2D eigenvalue weighted by Crippen LogP contribution is 2.24. The average molecular weight is 192 g/mol. The fourth-order valence-electron chi connectivity index (χ4n) is 1.76. The van der Waals surface area contributed by atoms with Gasteiger partial charge in [0.25, 0.3) is 0 Å². The molecule has 0 radical (unpaired) electrons. The number of carbonyl (C=O) groups excluding carboxylic acids is 1. The molecule has 0 heterocycles. The normalized spacial score (nSPS) is 18.2. The van der Waals surface area contributed by atoms with E-state index in [0.29, 0.717) is 5.92 Å². The standard InChI is InChI=1S/C13H20O/c1-11(2)6-5-9-12-7-3-4-8-13(12)10-14/h5,9-11H,3-4,6-8H2,1-2H3. The van der Waals surface area contributed by atoms with E-state index < -0.39 is 0 Å². The lowest BCUT2D eigenvalue weighted by molar-refractivity contribution is -0.105.